The molecule has 38 heavy (non-hydrogen) atoms. The Bertz CT molecular complexity index is 1380. The van der Waals surface area contributed by atoms with Gasteiger partial charge in [0.2, 0.25) is 11.8 Å². The smallest absolute Gasteiger partial charge is 0.235 e. The summed E-state index contributed by atoms with van der Waals surface area (Å²) in [5.41, 5.74) is 4.33. The number of methoxy groups -OCH3 is 1. The standard InChI is InChI=1S/C28H30N2O6S2/c1-36-25-12-11-23(15-24(25)28-30(27(33)17-37-28)16-20-5-3-2-4-6-20)22-9-7-21(8-10-22)18-38(34,35)19-26(32)29-13-14-31/h2-12,15,28,31H,13-14,16-19H2,1H3,(H,29,32). The predicted molar refractivity (Wildman–Crippen MR) is 148 cm³/mol. The van der Waals surface area contributed by atoms with Gasteiger partial charge in [-0.3, -0.25) is 9.59 Å². The molecule has 1 atom stereocenters. The van der Waals surface area contributed by atoms with E-state index in [1.54, 1.807) is 31.0 Å². The van der Waals surface area contributed by atoms with Gasteiger partial charge in [-0.25, -0.2) is 8.42 Å². The van der Waals surface area contributed by atoms with E-state index in [0.717, 1.165) is 22.3 Å². The first kappa shape index (κ1) is 27.7. The van der Waals surface area contributed by atoms with E-state index in [4.69, 9.17) is 9.84 Å². The van der Waals surface area contributed by atoms with Crippen molar-refractivity contribution in [3.8, 4) is 16.9 Å². The van der Waals surface area contributed by atoms with Crippen LogP contribution in [0.3, 0.4) is 0 Å². The Morgan fingerprint density at radius 1 is 1.05 bits per heavy atom. The van der Waals surface area contributed by atoms with Crippen LogP contribution < -0.4 is 10.1 Å². The summed E-state index contributed by atoms with van der Waals surface area (Å²) >= 11 is 1.57. The normalized spacial score (nSPS) is 15.5. The maximum atomic E-state index is 12.8. The Morgan fingerprint density at radius 2 is 1.76 bits per heavy atom. The van der Waals surface area contributed by atoms with Gasteiger partial charge in [0.05, 0.1) is 25.2 Å². The average Bonchev–Trinajstić information content (AvgIpc) is 3.27. The Morgan fingerprint density at radius 3 is 2.45 bits per heavy atom. The van der Waals surface area contributed by atoms with Crippen molar-refractivity contribution >= 4 is 33.4 Å². The summed E-state index contributed by atoms with van der Waals surface area (Å²) in [6.07, 6.45) is 0. The molecule has 0 aromatic heterocycles. The number of rotatable bonds is 11. The molecule has 4 rings (SSSR count). The lowest BCUT2D eigenvalue weighted by Gasteiger charge is -2.26. The van der Waals surface area contributed by atoms with Crippen LogP contribution in [-0.2, 0) is 31.7 Å². The fourth-order valence-corrected chi connectivity index (χ4v) is 6.82. The van der Waals surface area contributed by atoms with E-state index in [-0.39, 0.29) is 30.2 Å². The van der Waals surface area contributed by atoms with Crippen molar-refractivity contribution in [3.05, 3.63) is 89.5 Å². The van der Waals surface area contributed by atoms with Crippen LogP contribution in [0.5, 0.6) is 5.75 Å². The number of carbonyl (C=O) groups excluding carboxylic acids is 2. The maximum absolute atomic E-state index is 12.8. The number of nitrogens with zero attached hydrogens (tertiary/aromatic N) is 1. The number of benzene rings is 3. The zero-order valence-electron chi connectivity index (χ0n) is 21.0. The molecule has 1 heterocycles. The average molecular weight is 555 g/mol. The molecule has 1 unspecified atom stereocenters. The van der Waals surface area contributed by atoms with Crippen LogP contribution in [0.4, 0.5) is 0 Å². The maximum Gasteiger partial charge on any atom is 0.235 e. The van der Waals surface area contributed by atoms with Gasteiger partial charge in [-0.15, -0.1) is 11.8 Å². The quantitative estimate of drug-likeness (QED) is 0.374. The molecule has 1 saturated heterocycles. The van der Waals surface area contributed by atoms with Gasteiger partial charge in [-0.2, -0.15) is 0 Å². The van der Waals surface area contributed by atoms with E-state index in [2.05, 4.69) is 5.32 Å². The van der Waals surface area contributed by atoms with Gasteiger partial charge < -0.3 is 20.1 Å². The minimum Gasteiger partial charge on any atom is -0.496 e. The van der Waals surface area contributed by atoms with Crippen LogP contribution in [0, 0.1) is 0 Å². The van der Waals surface area contributed by atoms with Crippen molar-refractivity contribution in [2.24, 2.45) is 0 Å². The third-order valence-corrected chi connectivity index (χ3v) is 8.83. The van der Waals surface area contributed by atoms with Crippen molar-refractivity contribution in [2.45, 2.75) is 17.7 Å². The zero-order chi connectivity index (χ0) is 27.1. The lowest BCUT2D eigenvalue weighted by Crippen LogP contribution is -2.32. The van der Waals surface area contributed by atoms with Crippen molar-refractivity contribution < 1.29 is 27.9 Å². The molecule has 1 aliphatic rings. The van der Waals surface area contributed by atoms with Crippen LogP contribution in [0.1, 0.15) is 22.1 Å². The third-order valence-electron chi connectivity index (χ3n) is 6.12. The highest BCUT2D eigenvalue weighted by atomic mass is 32.2. The third kappa shape index (κ3) is 6.94. The first-order chi connectivity index (χ1) is 18.3. The van der Waals surface area contributed by atoms with Crippen LogP contribution in [0.15, 0.2) is 72.8 Å². The highest BCUT2D eigenvalue weighted by molar-refractivity contribution is 8.00. The topological polar surface area (TPSA) is 113 Å². The number of hydrogen-bond acceptors (Lipinski definition) is 7. The zero-order valence-corrected chi connectivity index (χ0v) is 22.6. The van der Waals surface area contributed by atoms with Gasteiger partial charge in [-0.1, -0.05) is 60.7 Å². The minimum atomic E-state index is -3.66. The summed E-state index contributed by atoms with van der Waals surface area (Å²) in [5.74, 6) is -0.359. The lowest BCUT2D eigenvalue weighted by atomic mass is 10.0. The van der Waals surface area contributed by atoms with Crippen LogP contribution in [-0.4, -0.2) is 62.0 Å². The number of amides is 2. The summed E-state index contributed by atoms with van der Waals surface area (Å²) in [6.45, 7) is 0.275. The fourth-order valence-electron chi connectivity index (χ4n) is 4.31. The van der Waals surface area contributed by atoms with Crippen LogP contribution >= 0.6 is 11.8 Å². The van der Waals surface area contributed by atoms with E-state index >= 15 is 0 Å². The van der Waals surface area contributed by atoms with Crippen molar-refractivity contribution in [3.63, 3.8) is 0 Å². The fraction of sp³-hybridized carbons (Fsp3) is 0.286. The van der Waals surface area contributed by atoms with Gasteiger partial charge in [-0.05, 0) is 34.4 Å². The Hall–Kier alpha value is -3.34. The van der Waals surface area contributed by atoms with Gasteiger partial charge in [0.25, 0.3) is 0 Å². The summed E-state index contributed by atoms with van der Waals surface area (Å²) in [4.78, 5) is 26.4. The van der Waals surface area contributed by atoms with Crippen molar-refractivity contribution in [2.75, 3.05) is 31.8 Å². The second-order valence-electron chi connectivity index (χ2n) is 8.93. The molecule has 3 aromatic rings. The Balaban J connectivity index is 1.53. The van der Waals surface area contributed by atoms with Gasteiger partial charge in [0, 0.05) is 18.7 Å². The molecule has 0 saturated carbocycles. The molecular weight excluding hydrogens is 524 g/mol. The Kier molecular flexibility index (Phi) is 9.09. The van der Waals surface area contributed by atoms with Gasteiger partial charge in [0.15, 0.2) is 9.84 Å². The molecule has 0 aliphatic carbocycles. The summed E-state index contributed by atoms with van der Waals surface area (Å²) in [7, 11) is -2.04. The highest BCUT2D eigenvalue weighted by Crippen LogP contribution is 2.44. The number of ether oxygens (including phenoxy) is 1. The predicted octanol–water partition coefficient (Wildman–Crippen LogP) is 3.16. The SMILES string of the molecule is COc1ccc(-c2ccc(CS(=O)(=O)CC(=O)NCCO)cc2)cc1C1SCC(=O)N1Cc1ccccc1. The molecule has 1 aliphatic heterocycles. The van der Waals surface area contributed by atoms with Crippen LogP contribution in [0.2, 0.25) is 0 Å². The van der Waals surface area contributed by atoms with E-state index in [1.165, 1.54) is 0 Å². The molecule has 2 N–H and O–H groups in total. The monoisotopic (exact) mass is 554 g/mol. The number of hydrogen-bond donors (Lipinski definition) is 2. The largest absolute Gasteiger partial charge is 0.496 e. The number of thioether (sulfide) groups is 1. The summed E-state index contributed by atoms with van der Waals surface area (Å²) in [6, 6.07) is 22.9. The summed E-state index contributed by atoms with van der Waals surface area (Å²) in [5, 5.41) is 10.9. The number of aliphatic hydroxyl groups is 1. The first-order valence-electron chi connectivity index (χ1n) is 12.1. The second-order valence-corrected chi connectivity index (χ2v) is 12.1. The number of aliphatic hydroxyl groups excluding tert-OH is 1. The van der Waals surface area contributed by atoms with E-state index in [1.807, 2.05) is 65.6 Å². The molecule has 1 fully saturated rings. The number of sulfone groups is 1. The number of carbonyl (C=O) groups is 2. The number of nitrogens with one attached hydrogen (secondary N) is 1. The van der Waals surface area contributed by atoms with Gasteiger partial charge in [0.1, 0.15) is 16.9 Å². The highest BCUT2D eigenvalue weighted by Gasteiger charge is 2.34. The molecule has 200 valence electrons. The molecule has 3 aromatic carbocycles. The molecule has 0 bridgehead atoms. The summed E-state index contributed by atoms with van der Waals surface area (Å²) < 4.78 is 30.5. The Labute approximate surface area is 226 Å². The van der Waals surface area contributed by atoms with Gasteiger partial charge >= 0.3 is 0 Å². The van der Waals surface area contributed by atoms with E-state index < -0.39 is 21.5 Å². The molecule has 8 nitrogen and oxygen atoms in total. The van der Waals surface area contributed by atoms with E-state index in [9.17, 15) is 18.0 Å². The van der Waals surface area contributed by atoms with Crippen LogP contribution in [0.25, 0.3) is 11.1 Å². The van der Waals surface area contributed by atoms with Crippen molar-refractivity contribution in [1.82, 2.24) is 10.2 Å². The molecule has 10 heteroatoms. The molecule has 0 radical (unpaired) electrons. The molecule has 2 amide bonds. The first-order valence-corrected chi connectivity index (χ1v) is 15.0. The lowest BCUT2D eigenvalue weighted by molar-refractivity contribution is -0.128. The second kappa shape index (κ2) is 12.5. The molecule has 0 spiro atoms. The minimum absolute atomic E-state index is 0.0183. The van der Waals surface area contributed by atoms with E-state index in [0.29, 0.717) is 23.6 Å². The van der Waals surface area contributed by atoms with Crippen molar-refractivity contribution in [1.29, 1.82) is 0 Å². The molecular formula is C28H30N2O6S2.